The van der Waals surface area contributed by atoms with Crippen molar-refractivity contribution in [2.75, 3.05) is 31.6 Å². The van der Waals surface area contributed by atoms with Gasteiger partial charge in [-0.25, -0.2) is 4.98 Å². The minimum atomic E-state index is -0.142. The molecule has 0 bridgehead atoms. The Morgan fingerprint density at radius 2 is 2.00 bits per heavy atom. The molecule has 1 N–H and O–H groups in total. The molecule has 0 amide bonds. The van der Waals surface area contributed by atoms with E-state index in [1.165, 1.54) is 0 Å². The number of aromatic nitrogens is 1. The van der Waals surface area contributed by atoms with Gasteiger partial charge in [0.2, 0.25) is 0 Å². The van der Waals surface area contributed by atoms with Gasteiger partial charge in [0.1, 0.15) is 23.9 Å². The molecule has 0 spiro atoms. The highest BCUT2D eigenvalue weighted by atomic mass is 79.9. The summed E-state index contributed by atoms with van der Waals surface area (Å²) < 4.78 is 5.98. The van der Waals surface area contributed by atoms with Crippen molar-refractivity contribution in [2.24, 2.45) is 0 Å². The molecule has 0 saturated heterocycles. The van der Waals surface area contributed by atoms with Gasteiger partial charge >= 0.3 is 0 Å². The fourth-order valence-corrected chi connectivity index (χ4v) is 3.92. The molecule has 30 heavy (non-hydrogen) atoms. The van der Waals surface area contributed by atoms with Crippen LogP contribution in [0.1, 0.15) is 53.6 Å². The van der Waals surface area contributed by atoms with Gasteiger partial charge in [0.15, 0.2) is 5.78 Å². The van der Waals surface area contributed by atoms with Crippen molar-refractivity contribution in [3.05, 3.63) is 52.3 Å². The van der Waals surface area contributed by atoms with Gasteiger partial charge in [0.25, 0.3) is 0 Å². The number of fused-ring (bicyclic) bond motifs is 2. The molecule has 1 aromatic carbocycles. The highest BCUT2D eigenvalue weighted by molar-refractivity contribution is 8.93. The number of rotatable bonds is 3. The number of nitrogens with one attached hydrogen (secondary N) is 1. The van der Waals surface area contributed by atoms with Crippen LogP contribution in [-0.4, -0.2) is 48.2 Å². The van der Waals surface area contributed by atoms with Crippen LogP contribution in [0.15, 0.2) is 24.3 Å². The van der Waals surface area contributed by atoms with E-state index in [0.29, 0.717) is 30.2 Å². The van der Waals surface area contributed by atoms with Gasteiger partial charge in [-0.15, -0.1) is 17.0 Å². The van der Waals surface area contributed by atoms with Crippen LogP contribution in [0.5, 0.6) is 5.75 Å². The number of hydrogen-bond acceptors (Lipinski definition) is 5. The zero-order valence-electron chi connectivity index (χ0n) is 18.2. The van der Waals surface area contributed by atoms with Gasteiger partial charge in [-0.1, -0.05) is 26.8 Å². The number of amidine groups is 1. The van der Waals surface area contributed by atoms with Crippen molar-refractivity contribution in [3.63, 3.8) is 0 Å². The molecule has 0 unspecified atom stereocenters. The van der Waals surface area contributed by atoms with Gasteiger partial charge < -0.3 is 14.5 Å². The summed E-state index contributed by atoms with van der Waals surface area (Å²) in [5.74, 6) is 1.21. The summed E-state index contributed by atoms with van der Waals surface area (Å²) in [6.07, 6.45) is 0. The third-order valence-electron chi connectivity index (χ3n) is 5.64. The number of anilines is 1. The van der Waals surface area contributed by atoms with Crippen LogP contribution in [-0.2, 0) is 12.0 Å². The Morgan fingerprint density at radius 3 is 2.70 bits per heavy atom. The van der Waals surface area contributed by atoms with E-state index in [4.69, 9.17) is 10.1 Å². The maximum atomic E-state index is 13.2. The topological polar surface area (TPSA) is 69.5 Å². The van der Waals surface area contributed by atoms with Crippen LogP contribution < -0.4 is 9.64 Å². The lowest BCUT2D eigenvalue weighted by atomic mass is 9.84. The third-order valence-corrected chi connectivity index (χ3v) is 5.64. The molecule has 4 rings (SSSR count). The van der Waals surface area contributed by atoms with E-state index in [1.807, 2.05) is 38.2 Å². The third kappa shape index (κ3) is 3.95. The average Bonchev–Trinajstić information content (AvgIpc) is 2.96. The number of Topliss-reactive ketones (excluding diaryl/α,β-unsaturated/α-hetero) is 1. The molecule has 2 aromatic rings. The number of hydrogen-bond donors (Lipinski definition) is 1. The van der Waals surface area contributed by atoms with Crippen molar-refractivity contribution in [2.45, 2.75) is 39.7 Å². The van der Waals surface area contributed by atoms with Gasteiger partial charge in [0, 0.05) is 36.0 Å². The van der Waals surface area contributed by atoms with Crippen LogP contribution in [0.25, 0.3) is 0 Å². The first-order valence-corrected chi connectivity index (χ1v) is 10.0. The zero-order chi connectivity index (χ0) is 20.9. The maximum Gasteiger partial charge on any atom is 0.182 e. The lowest BCUT2D eigenvalue weighted by molar-refractivity contribution is 0.0962. The normalized spacial score (nSPS) is 15.3. The van der Waals surface area contributed by atoms with Crippen molar-refractivity contribution in [1.29, 1.82) is 5.41 Å². The van der Waals surface area contributed by atoms with Gasteiger partial charge in [-0.3, -0.25) is 10.2 Å². The predicted octanol–water partition coefficient (Wildman–Crippen LogP) is 4.12. The second kappa shape index (κ2) is 8.02. The largest absolute Gasteiger partial charge is 0.489 e. The molecule has 3 heterocycles. The second-order valence-electron chi connectivity index (χ2n) is 8.98. The highest BCUT2D eigenvalue weighted by Crippen LogP contribution is 2.41. The van der Waals surface area contributed by atoms with Crippen LogP contribution >= 0.6 is 17.0 Å². The molecule has 7 heteroatoms. The standard InChI is InChI=1S/C23H28N4O2.BrH/c1-14-6-7-15-12-27(22(24)20(15)25-14)13-19(28)16-10-17(23(2,3)4)21-18(11-16)26(5)8-9-29-21;/h6-7,10-11,24H,8-9,12-13H2,1-5H3;1H. The summed E-state index contributed by atoms with van der Waals surface area (Å²) in [6.45, 7) is 10.5. The molecule has 160 valence electrons. The van der Waals surface area contributed by atoms with Crippen LogP contribution in [0.2, 0.25) is 0 Å². The van der Waals surface area contributed by atoms with E-state index >= 15 is 0 Å². The minimum absolute atomic E-state index is 0. The number of benzene rings is 1. The Bertz CT molecular complexity index is 1010. The van der Waals surface area contributed by atoms with Crippen molar-refractivity contribution >= 4 is 34.3 Å². The first-order valence-electron chi connectivity index (χ1n) is 10.0. The SMILES string of the molecule is Br.Cc1ccc2c(n1)C(=N)N(CC(=O)c1cc3c(c(C(C)(C)C)c1)OCCN3C)C2. The predicted molar refractivity (Wildman–Crippen MR) is 125 cm³/mol. The van der Waals surface area contributed by atoms with Crippen LogP contribution in [0.3, 0.4) is 0 Å². The van der Waals surface area contributed by atoms with Gasteiger partial charge in [-0.2, -0.15) is 0 Å². The molecule has 0 saturated carbocycles. The zero-order valence-corrected chi connectivity index (χ0v) is 19.9. The molecule has 0 fully saturated rings. The summed E-state index contributed by atoms with van der Waals surface area (Å²) >= 11 is 0. The van der Waals surface area contributed by atoms with Crippen molar-refractivity contribution in [1.82, 2.24) is 9.88 Å². The van der Waals surface area contributed by atoms with Crippen LogP contribution in [0.4, 0.5) is 5.69 Å². The average molecular weight is 473 g/mol. The lowest BCUT2D eigenvalue weighted by Gasteiger charge is -2.33. The molecule has 1 aromatic heterocycles. The number of nitrogens with zero attached hydrogens (tertiary/aromatic N) is 3. The van der Waals surface area contributed by atoms with Gasteiger partial charge in [0.05, 0.1) is 18.8 Å². The second-order valence-corrected chi connectivity index (χ2v) is 8.98. The summed E-state index contributed by atoms with van der Waals surface area (Å²) in [6, 6.07) is 7.85. The molecule has 6 nitrogen and oxygen atoms in total. The first-order chi connectivity index (χ1) is 13.6. The van der Waals surface area contributed by atoms with E-state index in [0.717, 1.165) is 34.8 Å². The molecule has 2 aliphatic rings. The Hall–Kier alpha value is -2.41. The Labute approximate surface area is 188 Å². The molecule has 0 radical (unpaired) electrons. The summed E-state index contributed by atoms with van der Waals surface area (Å²) in [7, 11) is 2.03. The summed E-state index contributed by atoms with van der Waals surface area (Å²) in [5.41, 5.74) is 5.10. The highest BCUT2D eigenvalue weighted by Gasteiger charge is 2.30. The van der Waals surface area contributed by atoms with E-state index in [-0.39, 0.29) is 34.7 Å². The number of carbonyl (C=O) groups excluding carboxylic acids is 1. The molecular weight excluding hydrogens is 444 g/mol. The number of ketones is 1. The molecule has 0 aliphatic carbocycles. The quantitative estimate of drug-likeness (QED) is 0.680. The summed E-state index contributed by atoms with van der Waals surface area (Å²) in [4.78, 5) is 21.6. The Morgan fingerprint density at radius 1 is 1.27 bits per heavy atom. The molecular formula is C23H29BrN4O2. The smallest absolute Gasteiger partial charge is 0.182 e. The number of carbonyl (C=O) groups is 1. The molecule has 0 atom stereocenters. The van der Waals surface area contributed by atoms with E-state index in [2.05, 4.69) is 30.7 Å². The molecule has 2 aliphatic heterocycles. The van der Waals surface area contributed by atoms with Crippen molar-refractivity contribution < 1.29 is 9.53 Å². The fourth-order valence-electron chi connectivity index (χ4n) is 3.92. The van der Waals surface area contributed by atoms with Gasteiger partial charge in [-0.05, 0) is 30.5 Å². The summed E-state index contributed by atoms with van der Waals surface area (Å²) in [5, 5.41) is 8.45. The van der Waals surface area contributed by atoms with E-state index in [1.54, 1.807) is 4.90 Å². The monoisotopic (exact) mass is 472 g/mol. The maximum absolute atomic E-state index is 13.2. The van der Waals surface area contributed by atoms with E-state index in [9.17, 15) is 4.79 Å². The number of likely N-dealkylation sites (N-methyl/N-ethyl adjacent to an activating group) is 1. The van der Waals surface area contributed by atoms with Crippen LogP contribution in [0, 0.1) is 12.3 Å². The Balaban J connectivity index is 0.00000256. The number of halogens is 1. The first kappa shape index (κ1) is 22.3. The number of aryl methyl sites for hydroxylation is 1. The number of pyridine rings is 1. The number of ether oxygens (including phenoxy) is 1. The minimum Gasteiger partial charge on any atom is -0.489 e. The lowest BCUT2D eigenvalue weighted by Crippen LogP contribution is -2.33. The van der Waals surface area contributed by atoms with E-state index < -0.39 is 0 Å². The Kier molecular flexibility index (Phi) is 5.96. The van der Waals surface area contributed by atoms with Crippen molar-refractivity contribution in [3.8, 4) is 5.75 Å². The fraction of sp³-hybridized carbons (Fsp3) is 0.435.